The summed E-state index contributed by atoms with van der Waals surface area (Å²) in [4.78, 5) is 11.1. The third kappa shape index (κ3) is 1.71. The van der Waals surface area contributed by atoms with Gasteiger partial charge in [0, 0.05) is 12.6 Å². The number of amides is 1. The standard InChI is InChI=1S/C8H16N2O/c1-5(2)7(9)6-3-4-10-8(6)11/h5-7H,3-4,9H2,1-2H3,(H,10,11). The average molecular weight is 156 g/mol. The van der Waals surface area contributed by atoms with Gasteiger partial charge in [-0.1, -0.05) is 13.8 Å². The van der Waals surface area contributed by atoms with Crippen LogP contribution in [0.4, 0.5) is 0 Å². The molecule has 3 nitrogen and oxygen atoms in total. The van der Waals surface area contributed by atoms with Gasteiger partial charge in [0.2, 0.25) is 5.91 Å². The second kappa shape index (κ2) is 3.22. The Morgan fingerprint density at radius 3 is 2.64 bits per heavy atom. The van der Waals surface area contributed by atoms with Crippen molar-refractivity contribution in [1.29, 1.82) is 0 Å². The normalized spacial score (nSPS) is 27.3. The van der Waals surface area contributed by atoms with Crippen molar-refractivity contribution in [3.8, 4) is 0 Å². The molecule has 3 heteroatoms. The molecule has 64 valence electrons. The van der Waals surface area contributed by atoms with Crippen LogP contribution in [0.5, 0.6) is 0 Å². The first-order valence-corrected chi connectivity index (χ1v) is 4.16. The van der Waals surface area contributed by atoms with Gasteiger partial charge in [0.1, 0.15) is 0 Å². The van der Waals surface area contributed by atoms with Crippen LogP contribution in [-0.2, 0) is 4.79 Å². The SMILES string of the molecule is CC(C)C(N)C1CCNC1=O. The number of carbonyl (C=O) groups excluding carboxylic acids is 1. The molecule has 1 fully saturated rings. The summed E-state index contributed by atoms with van der Waals surface area (Å²) in [5.41, 5.74) is 5.85. The van der Waals surface area contributed by atoms with Crippen molar-refractivity contribution in [2.45, 2.75) is 26.3 Å². The molecule has 1 rings (SSSR count). The van der Waals surface area contributed by atoms with E-state index in [1.807, 2.05) is 0 Å². The minimum absolute atomic E-state index is 0.0255. The monoisotopic (exact) mass is 156 g/mol. The lowest BCUT2D eigenvalue weighted by Gasteiger charge is -2.19. The highest BCUT2D eigenvalue weighted by Gasteiger charge is 2.31. The summed E-state index contributed by atoms with van der Waals surface area (Å²) in [6.07, 6.45) is 0.901. The second-order valence-electron chi connectivity index (χ2n) is 3.51. The lowest BCUT2D eigenvalue weighted by Crippen LogP contribution is -2.39. The van der Waals surface area contributed by atoms with E-state index in [0.29, 0.717) is 5.92 Å². The summed E-state index contributed by atoms with van der Waals surface area (Å²) in [5.74, 6) is 0.574. The number of nitrogens with one attached hydrogen (secondary N) is 1. The summed E-state index contributed by atoms with van der Waals surface area (Å²) >= 11 is 0. The molecule has 2 atom stereocenters. The highest BCUT2D eigenvalue weighted by atomic mass is 16.2. The van der Waals surface area contributed by atoms with Gasteiger partial charge >= 0.3 is 0 Å². The smallest absolute Gasteiger partial charge is 0.224 e. The molecular weight excluding hydrogens is 140 g/mol. The third-order valence-corrected chi connectivity index (χ3v) is 2.33. The maximum atomic E-state index is 11.1. The molecule has 0 aliphatic carbocycles. The Kier molecular flexibility index (Phi) is 2.49. The summed E-state index contributed by atoms with van der Waals surface area (Å²) < 4.78 is 0. The second-order valence-corrected chi connectivity index (χ2v) is 3.51. The molecule has 2 unspecified atom stereocenters. The Labute approximate surface area is 67.3 Å². The van der Waals surface area contributed by atoms with Crippen LogP contribution >= 0.6 is 0 Å². The molecule has 0 radical (unpaired) electrons. The summed E-state index contributed by atoms with van der Waals surface area (Å²) in [5, 5.41) is 2.79. The lowest BCUT2D eigenvalue weighted by molar-refractivity contribution is -0.123. The molecule has 1 heterocycles. The van der Waals surface area contributed by atoms with Gasteiger partial charge in [-0.2, -0.15) is 0 Å². The zero-order valence-corrected chi connectivity index (χ0v) is 7.13. The van der Waals surface area contributed by atoms with Crippen molar-refractivity contribution >= 4 is 5.91 Å². The molecule has 0 aromatic rings. The molecule has 1 saturated heterocycles. The van der Waals surface area contributed by atoms with E-state index in [-0.39, 0.29) is 17.9 Å². The first-order chi connectivity index (χ1) is 5.13. The predicted molar refractivity (Wildman–Crippen MR) is 43.9 cm³/mol. The molecule has 0 saturated carbocycles. The molecule has 0 bridgehead atoms. The highest BCUT2D eigenvalue weighted by molar-refractivity contribution is 5.81. The molecule has 11 heavy (non-hydrogen) atoms. The van der Waals surface area contributed by atoms with Crippen LogP contribution in [0.3, 0.4) is 0 Å². The van der Waals surface area contributed by atoms with Crippen molar-refractivity contribution < 1.29 is 4.79 Å². The van der Waals surface area contributed by atoms with E-state index in [0.717, 1.165) is 13.0 Å². The Morgan fingerprint density at radius 2 is 2.27 bits per heavy atom. The van der Waals surface area contributed by atoms with Crippen LogP contribution in [0.15, 0.2) is 0 Å². The molecule has 1 amide bonds. The predicted octanol–water partition coefficient (Wildman–Crippen LogP) is 0.106. The Hall–Kier alpha value is -0.570. The van der Waals surface area contributed by atoms with E-state index < -0.39 is 0 Å². The van der Waals surface area contributed by atoms with Crippen molar-refractivity contribution in [2.24, 2.45) is 17.6 Å². The topological polar surface area (TPSA) is 55.1 Å². The van der Waals surface area contributed by atoms with Crippen LogP contribution in [0.2, 0.25) is 0 Å². The first kappa shape index (κ1) is 8.53. The van der Waals surface area contributed by atoms with Crippen molar-refractivity contribution in [3.63, 3.8) is 0 Å². The number of nitrogens with two attached hydrogens (primary N) is 1. The largest absolute Gasteiger partial charge is 0.356 e. The number of carbonyl (C=O) groups is 1. The number of rotatable bonds is 2. The zero-order valence-electron chi connectivity index (χ0n) is 7.13. The maximum Gasteiger partial charge on any atom is 0.224 e. The Morgan fingerprint density at radius 1 is 1.64 bits per heavy atom. The number of hydrogen-bond acceptors (Lipinski definition) is 2. The van der Waals surface area contributed by atoms with Crippen molar-refractivity contribution in [1.82, 2.24) is 5.32 Å². The van der Waals surface area contributed by atoms with Crippen molar-refractivity contribution in [2.75, 3.05) is 6.54 Å². The van der Waals surface area contributed by atoms with Crippen LogP contribution in [-0.4, -0.2) is 18.5 Å². The minimum Gasteiger partial charge on any atom is -0.356 e. The van der Waals surface area contributed by atoms with Gasteiger partial charge in [-0.3, -0.25) is 4.79 Å². The van der Waals surface area contributed by atoms with Gasteiger partial charge in [-0.05, 0) is 12.3 Å². The molecule has 0 spiro atoms. The van der Waals surface area contributed by atoms with Gasteiger partial charge in [0.05, 0.1) is 5.92 Å². The molecule has 0 aromatic carbocycles. The molecule has 1 aliphatic rings. The van der Waals surface area contributed by atoms with E-state index in [4.69, 9.17) is 5.73 Å². The lowest BCUT2D eigenvalue weighted by atomic mass is 9.90. The van der Waals surface area contributed by atoms with Gasteiger partial charge in [-0.15, -0.1) is 0 Å². The van der Waals surface area contributed by atoms with Crippen LogP contribution in [0, 0.1) is 11.8 Å². The maximum absolute atomic E-state index is 11.1. The van der Waals surface area contributed by atoms with E-state index in [1.165, 1.54) is 0 Å². The quantitative estimate of drug-likeness (QED) is 0.596. The summed E-state index contributed by atoms with van der Waals surface area (Å²) in [6.45, 7) is 4.90. The summed E-state index contributed by atoms with van der Waals surface area (Å²) in [7, 11) is 0. The van der Waals surface area contributed by atoms with Gasteiger partial charge in [0.25, 0.3) is 0 Å². The molecule has 1 aliphatic heterocycles. The van der Waals surface area contributed by atoms with E-state index in [9.17, 15) is 4.79 Å². The van der Waals surface area contributed by atoms with E-state index in [2.05, 4.69) is 19.2 Å². The third-order valence-electron chi connectivity index (χ3n) is 2.33. The van der Waals surface area contributed by atoms with Crippen LogP contribution in [0.25, 0.3) is 0 Å². The first-order valence-electron chi connectivity index (χ1n) is 4.16. The molecular formula is C8H16N2O. The fourth-order valence-corrected chi connectivity index (χ4v) is 1.44. The van der Waals surface area contributed by atoms with Crippen molar-refractivity contribution in [3.05, 3.63) is 0 Å². The van der Waals surface area contributed by atoms with E-state index >= 15 is 0 Å². The van der Waals surface area contributed by atoms with Gasteiger partial charge < -0.3 is 11.1 Å². The highest BCUT2D eigenvalue weighted by Crippen LogP contribution is 2.17. The average Bonchev–Trinajstić information content (AvgIpc) is 2.33. The molecule has 0 aromatic heterocycles. The molecule has 3 N–H and O–H groups in total. The van der Waals surface area contributed by atoms with Crippen LogP contribution in [0.1, 0.15) is 20.3 Å². The minimum atomic E-state index is 0.0255. The fourth-order valence-electron chi connectivity index (χ4n) is 1.44. The summed E-state index contributed by atoms with van der Waals surface area (Å²) in [6, 6.07) is 0.0255. The number of hydrogen-bond donors (Lipinski definition) is 2. The van der Waals surface area contributed by atoms with Gasteiger partial charge in [0.15, 0.2) is 0 Å². The van der Waals surface area contributed by atoms with Gasteiger partial charge in [-0.25, -0.2) is 0 Å². The Balaban J connectivity index is 2.52. The van der Waals surface area contributed by atoms with E-state index in [1.54, 1.807) is 0 Å². The van der Waals surface area contributed by atoms with Crippen LogP contribution < -0.4 is 11.1 Å². The fraction of sp³-hybridized carbons (Fsp3) is 0.875. The zero-order chi connectivity index (χ0) is 8.43. The Bertz CT molecular complexity index is 156.